The Kier molecular flexibility index (Phi) is 4.10. The number of anilines is 1. The zero-order chi connectivity index (χ0) is 14.0. The molecular formula is C15H17BrN2O. The highest BCUT2D eigenvalue weighted by molar-refractivity contribution is 9.10. The molecule has 4 heteroatoms. The summed E-state index contributed by atoms with van der Waals surface area (Å²) in [6, 6.07) is 9.63. The highest BCUT2D eigenvalue weighted by atomic mass is 79.9. The Balaban J connectivity index is 2.40. The van der Waals surface area contributed by atoms with Crippen LogP contribution in [-0.2, 0) is 0 Å². The summed E-state index contributed by atoms with van der Waals surface area (Å²) in [7, 11) is 0. The number of aryl methyl sites for hydroxylation is 1. The maximum Gasteiger partial charge on any atom is 0.242 e. The molecule has 1 heterocycles. The number of nitrogen functional groups attached to an aromatic ring is 1. The van der Waals surface area contributed by atoms with Crippen molar-refractivity contribution < 1.29 is 4.74 Å². The summed E-state index contributed by atoms with van der Waals surface area (Å²) >= 11 is 3.48. The van der Waals surface area contributed by atoms with E-state index in [2.05, 4.69) is 40.8 Å². The van der Waals surface area contributed by atoms with Crippen LogP contribution in [0, 0.1) is 6.92 Å². The van der Waals surface area contributed by atoms with Gasteiger partial charge in [-0.15, -0.1) is 0 Å². The largest absolute Gasteiger partial charge is 0.437 e. The predicted molar refractivity (Wildman–Crippen MR) is 81.7 cm³/mol. The van der Waals surface area contributed by atoms with Crippen LogP contribution in [-0.4, -0.2) is 4.98 Å². The third-order valence-corrected chi connectivity index (χ3v) is 3.32. The van der Waals surface area contributed by atoms with Gasteiger partial charge in [-0.3, -0.25) is 0 Å². The van der Waals surface area contributed by atoms with E-state index in [0.29, 0.717) is 17.5 Å². The van der Waals surface area contributed by atoms with E-state index in [1.165, 1.54) is 0 Å². The molecule has 0 atom stereocenters. The van der Waals surface area contributed by atoms with Crippen LogP contribution in [0.5, 0.6) is 11.6 Å². The van der Waals surface area contributed by atoms with Crippen LogP contribution in [0.4, 0.5) is 5.69 Å². The first kappa shape index (κ1) is 13.9. The van der Waals surface area contributed by atoms with Gasteiger partial charge in [0.2, 0.25) is 5.88 Å². The van der Waals surface area contributed by atoms with Gasteiger partial charge in [-0.05, 0) is 48.7 Å². The number of rotatable bonds is 3. The molecule has 19 heavy (non-hydrogen) atoms. The molecule has 0 bridgehead atoms. The average molecular weight is 321 g/mol. The topological polar surface area (TPSA) is 48.1 Å². The third-order valence-electron chi connectivity index (χ3n) is 2.83. The van der Waals surface area contributed by atoms with Crippen LogP contribution < -0.4 is 10.5 Å². The highest BCUT2D eigenvalue weighted by Gasteiger charge is 2.12. The van der Waals surface area contributed by atoms with Gasteiger partial charge in [0.25, 0.3) is 0 Å². The minimum Gasteiger partial charge on any atom is -0.437 e. The zero-order valence-electron chi connectivity index (χ0n) is 11.3. The van der Waals surface area contributed by atoms with Crippen molar-refractivity contribution in [3.63, 3.8) is 0 Å². The summed E-state index contributed by atoms with van der Waals surface area (Å²) in [5.41, 5.74) is 8.45. The number of hydrogen-bond acceptors (Lipinski definition) is 3. The lowest BCUT2D eigenvalue weighted by Crippen LogP contribution is -1.99. The molecule has 100 valence electrons. The van der Waals surface area contributed by atoms with Crippen LogP contribution in [0.1, 0.15) is 31.0 Å². The fourth-order valence-corrected chi connectivity index (χ4v) is 2.17. The maximum atomic E-state index is 5.90. The second kappa shape index (κ2) is 5.61. The highest BCUT2D eigenvalue weighted by Crippen LogP contribution is 2.34. The van der Waals surface area contributed by atoms with E-state index in [1.807, 2.05) is 31.2 Å². The molecule has 0 amide bonds. The molecule has 2 aromatic rings. The minimum atomic E-state index is 0.360. The van der Waals surface area contributed by atoms with E-state index in [-0.39, 0.29) is 0 Å². The van der Waals surface area contributed by atoms with E-state index in [9.17, 15) is 0 Å². The van der Waals surface area contributed by atoms with E-state index in [0.717, 1.165) is 21.5 Å². The number of ether oxygens (including phenoxy) is 1. The molecule has 3 nitrogen and oxygen atoms in total. The Hall–Kier alpha value is -1.55. The molecule has 0 saturated carbocycles. The number of pyridine rings is 1. The van der Waals surface area contributed by atoms with Crippen molar-refractivity contribution in [2.45, 2.75) is 26.7 Å². The number of nitrogens with zero attached hydrogens (tertiary/aromatic N) is 1. The Labute approximate surface area is 121 Å². The summed E-state index contributed by atoms with van der Waals surface area (Å²) in [6.45, 7) is 6.17. The molecule has 0 spiro atoms. The van der Waals surface area contributed by atoms with Crippen LogP contribution in [0.3, 0.4) is 0 Å². The summed E-state index contributed by atoms with van der Waals surface area (Å²) in [4.78, 5) is 4.33. The van der Waals surface area contributed by atoms with Crippen molar-refractivity contribution in [1.29, 1.82) is 0 Å². The van der Waals surface area contributed by atoms with Crippen molar-refractivity contribution in [2.75, 3.05) is 5.73 Å². The van der Waals surface area contributed by atoms with Gasteiger partial charge in [-0.1, -0.05) is 29.8 Å². The van der Waals surface area contributed by atoms with E-state index in [4.69, 9.17) is 10.5 Å². The number of halogens is 1. The molecule has 0 saturated heterocycles. The van der Waals surface area contributed by atoms with Crippen molar-refractivity contribution in [1.82, 2.24) is 4.98 Å². The fourth-order valence-electron chi connectivity index (χ4n) is 1.79. The number of nitrogens with two attached hydrogens (primary N) is 1. The molecule has 0 fully saturated rings. The van der Waals surface area contributed by atoms with Crippen molar-refractivity contribution in [3.8, 4) is 11.6 Å². The Morgan fingerprint density at radius 2 is 1.95 bits per heavy atom. The van der Waals surface area contributed by atoms with Crippen molar-refractivity contribution in [3.05, 3.63) is 46.1 Å². The molecule has 0 radical (unpaired) electrons. The molecule has 0 aliphatic rings. The lowest BCUT2D eigenvalue weighted by atomic mass is 10.0. The van der Waals surface area contributed by atoms with Gasteiger partial charge < -0.3 is 10.5 Å². The van der Waals surface area contributed by atoms with Gasteiger partial charge in [-0.2, -0.15) is 0 Å². The van der Waals surface area contributed by atoms with Crippen LogP contribution >= 0.6 is 15.9 Å². The van der Waals surface area contributed by atoms with E-state index >= 15 is 0 Å². The number of aromatic nitrogens is 1. The van der Waals surface area contributed by atoms with Crippen LogP contribution in [0.2, 0.25) is 0 Å². The number of hydrogen-bond donors (Lipinski definition) is 1. The second-order valence-corrected chi connectivity index (χ2v) is 5.70. The molecule has 2 N–H and O–H groups in total. The average Bonchev–Trinajstić information content (AvgIpc) is 2.35. The lowest BCUT2D eigenvalue weighted by molar-refractivity contribution is 0.455. The third kappa shape index (κ3) is 3.26. The van der Waals surface area contributed by atoms with Gasteiger partial charge in [0.05, 0.1) is 5.69 Å². The molecule has 1 aromatic carbocycles. The fraction of sp³-hybridized carbons (Fsp3) is 0.267. The van der Waals surface area contributed by atoms with Crippen LogP contribution in [0.25, 0.3) is 0 Å². The maximum absolute atomic E-state index is 5.90. The predicted octanol–water partition coefficient (Wildman–Crippen LogP) is 4.65. The standard InChI is InChI=1S/C15H17BrN2O/c1-9(2)12-8-11(16)5-7-14(12)19-15-13(17)6-4-10(3)18-15/h4-9H,17H2,1-3H3. The van der Waals surface area contributed by atoms with E-state index < -0.39 is 0 Å². The molecule has 1 aromatic heterocycles. The SMILES string of the molecule is Cc1ccc(N)c(Oc2ccc(Br)cc2C(C)C)n1. The zero-order valence-corrected chi connectivity index (χ0v) is 12.9. The normalized spacial score (nSPS) is 10.8. The Bertz CT molecular complexity index is 597. The lowest BCUT2D eigenvalue weighted by Gasteiger charge is -2.14. The van der Waals surface area contributed by atoms with Gasteiger partial charge in [0.15, 0.2) is 0 Å². The number of benzene rings is 1. The summed E-state index contributed by atoms with van der Waals surface area (Å²) in [6.07, 6.45) is 0. The van der Waals surface area contributed by atoms with Crippen molar-refractivity contribution in [2.24, 2.45) is 0 Å². The van der Waals surface area contributed by atoms with Crippen molar-refractivity contribution >= 4 is 21.6 Å². The molecule has 0 aliphatic carbocycles. The summed E-state index contributed by atoms with van der Waals surface area (Å²) in [5.74, 6) is 1.62. The first-order valence-corrected chi connectivity index (χ1v) is 6.97. The molecule has 0 unspecified atom stereocenters. The van der Waals surface area contributed by atoms with Gasteiger partial charge in [0.1, 0.15) is 5.75 Å². The van der Waals surface area contributed by atoms with Gasteiger partial charge in [0, 0.05) is 10.2 Å². The molecular weight excluding hydrogens is 304 g/mol. The monoisotopic (exact) mass is 320 g/mol. The summed E-state index contributed by atoms with van der Waals surface area (Å²) in [5, 5.41) is 0. The Morgan fingerprint density at radius 1 is 1.21 bits per heavy atom. The smallest absolute Gasteiger partial charge is 0.242 e. The van der Waals surface area contributed by atoms with E-state index in [1.54, 1.807) is 0 Å². The minimum absolute atomic E-state index is 0.360. The summed E-state index contributed by atoms with van der Waals surface area (Å²) < 4.78 is 6.92. The molecule has 2 rings (SSSR count). The van der Waals surface area contributed by atoms with Crippen LogP contribution in [0.15, 0.2) is 34.8 Å². The Morgan fingerprint density at radius 3 is 2.63 bits per heavy atom. The first-order valence-electron chi connectivity index (χ1n) is 6.18. The molecule has 0 aliphatic heterocycles. The van der Waals surface area contributed by atoms with Gasteiger partial charge in [-0.25, -0.2) is 4.98 Å². The van der Waals surface area contributed by atoms with Gasteiger partial charge >= 0.3 is 0 Å². The second-order valence-electron chi connectivity index (χ2n) is 4.79. The first-order chi connectivity index (χ1) is 8.97. The quantitative estimate of drug-likeness (QED) is 0.895.